The molecule has 1 heterocycles. The van der Waals surface area contributed by atoms with Gasteiger partial charge in [-0.1, -0.05) is 29.8 Å². The molecule has 1 atom stereocenters. The quantitative estimate of drug-likeness (QED) is 0.750. The number of carbonyl (C=O) groups excluding carboxylic acids is 1. The number of Topliss-reactive ketones (excluding diaryl/α,β-unsaturated/α-hetero) is 1. The lowest BCUT2D eigenvalue weighted by Crippen LogP contribution is -2.03. The van der Waals surface area contributed by atoms with Crippen LogP contribution in [0.5, 0.6) is 0 Å². The van der Waals surface area contributed by atoms with Crippen molar-refractivity contribution in [3.63, 3.8) is 0 Å². The van der Waals surface area contributed by atoms with Crippen molar-refractivity contribution in [1.29, 1.82) is 0 Å². The molecule has 100 valence electrons. The Morgan fingerprint density at radius 1 is 1.21 bits per heavy atom. The Bertz CT molecular complexity index is 579. The highest BCUT2D eigenvalue weighted by atomic mass is 35.5. The van der Waals surface area contributed by atoms with Crippen molar-refractivity contribution < 1.29 is 9.00 Å². The number of carbonyl (C=O) groups is 1. The van der Waals surface area contributed by atoms with Crippen LogP contribution in [0.4, 0.5) is 0 Å². The highest BCUT2D eigenvalue weighted by molar-refractivity contribution is 7.85. The third-order valence-corrected chi connectivity index (χ3v) is 5.47. The fraction of sp³-hybridized carbons (Fsp3) is 0.214. The lowest BCUT2D eigenvalue weighted by Gasteiger charge is -2.03. The molecule has 2 rings (SSSR count). The molecule has 0 fully saturated rings. The number of thiophene rings is 1. The van der Waals surface area contributed by atoms with E-state index < -0.39 is 10.8 Å². The van der Waals surface area contributed by atoms with Gasteiger partial charge in [0, 0.05) is 12.2 Å². The van der Waals surface area contributed by atoms with Gasteiger partial charge in [0.05, 0.1) is 25.6 Å². The Morgan fingerprint density at radius 2 is 2.00 bits per heavy atom. The Balaban J connectivity index is 1.85. The van der Waals surface area contributed by atoms with E-state index in [2.05, 4.69) is 0 Å². The normalized spacial score (nSPS) is 12.3. The number of rotatable bonds is 6. The molecular formula is C14H13ClO2S2. The number of halogens is 1. The zero-order chi connectivity index (χ0) is 13.7. The average Bonchev–Trinajstić information content (AvgIpc) is 2.93. The summed E-state index contributed by atoms with van der Waals surface area (Å²) in [7, 11) is -1.14. The van der Waals surface area contributed by atoms with Gasteiger partial charge in [0.15, 0.2) is 5.78 Å². The van der Waals surface area contributed by atoms with Crippen LogP contribution in [0.15, 0.2) is 46.7 Å². The summed E-state index contributed by atoms with van der Waals surface area (Å²) < 4.78 is 12.1. The third-order valence-electron chi connectivity index (χ3n) is 2.61. The van der Waals surface area contributed by atoms with Crippen LogP contribution in [0.25, 0.3) is 0 Å². The van der Waals surface area contributed by atoms with E-state index in [0.29, 0.717) is 28.5 Å². The minimum absolute atomic E-state index is 0.117. The van der Waals surface area contributed by atoms with Gasteiger partial charge in [0.25, 0.3) is 0 Å². The summed E-state index contributed by atoms with van der Waals surface area (Å²) >= 11 is 7.43. The molecule has 19 heavy (non-hydrogen) atoms. The van der Waals surface area contributed by atoms with Crippen molar-refractivity contribution in [3.8, 4) is 0 Å². The number of hydrogen-bond acceptors (Lipinski definition) is 3. The van der Waals surface area contributed by atoms with Crippen molar-refractivity contribution in [2.45, 2.75) is 17.7 Å². The maximum Gasteiger partial charge on any atom is 0.172 e. The molecule has 0 aliphatic heterocycles. The molecule has 1 aromatic heterocycles. The van der Waals surface area contributed by atoms with Gasteiger partial charge in [-0.2, -0.15) is 0 Å². The molecule has 0 saturated carbocycles. The van der Waals surface area contributed by atoms with Crippen LogP contribution < -0.4 is 0 Å². The summed E-state index contributed by atoms with van der Waals surface area (Å²) in [5, 5.41) is 2.40. The maximum absolute atomic E-state index is 12.1. The Labute approximate surface area is 123 Å². The summed E-state index contributed by atoms with van der Waals surface area (Å²) in [6, 6.07) is 10.8. The van der Waals surface area contributed by atoms with Crippen molar-refractivity contribution in [1.82, 2.24) is 0 Å². The second-order valence-electron chi connectivity index (χ2n) is 3.98. The lowest BCUT2D eigenvalue weighted by atomic mass is 10.2. The van der Waals surface area contributed by atoms with Crippen molar-refractivity contribution >= 4 is 39.5 Å². The van der Waals surface area contributed by atoms with Crippen molar-refractivity contribution in [2.75, 3.05) is 5.75 Å². The van der Waals surface area contributed by atoms with Gasteiger partial charge in [0.2, 0.25) is 0 Å². The third kappa shape index (κ3) is 4.00. The minimum Gasteiger partial charge on any atom is -0.293 e. The van der Waals surface area contributed by atoms with Crippen LogP contribution in [0.2, 0.25) is 5.02 Å². The van der Waals surface area contributed by atoms with Crippen LogP contribution in [0.3, 0.4) is 0 Å². The molecule has 1 unspecified atom stereocenters. The van der Waals surface area contributed by atoms with Crippen LogP contribution in [-0.2, 0) is 10.8 Å². The maximum atomic E-state index is 12.1. The number of benzene rings is 1. The summed E-state index contributed by atoms with van der Waals surface area (Å²) in [6.07, 6.45) is 1.03. The summed E-state index contributed by atoms with van der Waals surface area (Å²) in [5.41, 5.74) is 0. The van der Waals surface area contributed by atoms with E-state index in [-0.39, 0.29) is 5.78 Å². The first-order chi connectivity index (χ1) is 9.18. The second-order valence-corrected chi connectivity index (χ2v) is 6.88. The number of hydrogen-bond donors (Lipinski definition) is 0. The fourth-order valence-corrected chi connectivity index (χ4v) is 3.89. The highest BCUT2D eigenvalue weighted by Crippen LogP contribution is 2.20. The summed E-state index contributed by atoms with van der Waals surface area (Å²) in [4.78, 5) is 13.2. The second kappa shape index (κ2) is 6.98. The predicted octanol–water partition coefficient (Wildman–Crippen LogP) is 4.17. The Hall–Kier alpha value is -0.970. The molecule has 0 aliphatic rings. The van der Waals surface area contributed by atoms with Gasteiger partial charge in [0.1, 0.15) is 0 Å². The summed E-state index contributed by atoms with van der Waals surface area (Å²) in [6.45, 7) is 0. The van der Waals surface area contributed by atoms with Gasteiger partial charge in [-0.3, -0.25) is 9.00 Å². The Morgan fingerprint density at radius 3 is 2.68 bits per heavy atom. The first-order valence-corrected chi connectivity index (χ1v) is 8.46. The van der Waals surface area contributed by atoms with Crippen molar-refractivity contribution in [2.24, 2.45) is 0 Å². The van der Waals surface area contributed by atoms with Gasteiger partial charge >= 0.3 is 0 Å². The van der Waals surface area contributed by atoms with E-state index >= 15 is 0 Å². The lowest BCUT2D eigenvalue weighted by molar-refractivity contribution is 0.0986. The molecule has 1 aromatic carbocycles. The smallest absolute Gasteiger partial charge is 0.172 e. The fourth-order valence-electron chi connectivity index (χ4n) is 1.66. The van der Waals surface area contributed by atoms with Gasteiger partial charge in [-0.05, 0) is 30.0 Å². The van der Waals surface area contributed by atoms with E-state index in [0.717, 1.165) is 4.88 Å². The Kier molecular flexibility index (Phi) is 5.31. The van der Waals surface area contributed by atoms with Crippen LogP contribution in [0.1, 0.15) is 22.5 Å². The molecule has 0 saturated heterocycles. The molecule has 2 aromatic rings. The first kappa shape index (κ1) is 14.4. The zero-order valence-electron chi connectivity index (χ0n) is 10.2. The largest absolute Gasteiger partial charge is 0.293 e. The van der Waals surface area contributed by atoms with E-state index in [1.807, 2.05) is 29.6 Å². The average molecular weight is 313 g/mol. The van der Waals surface area contributed by atoms with Crippen LogP contribution in [-0.4, -0.2) is 15.7 Å². The van der Waals surface area contributed by atoms with Gasteiger partial charge in [-0.15, -0.1) is 11.3 Å². The van der Waals surface area contributed by atoms with E-state index in [1.54, 1.807) is 12.1 Å². The molecule has 0 spiro atoms. The van der Waals surface area contributed by atoms with E-state index in [4.69, 9.17) is 11.6 Å². The first-order valence-electron chi connectivity index (χ1n) is 5.88. The van der Waals surface area contributed by atoms with E-state index in [1.165, 1.54) is 11.3 Å². The molecule has 0 amide bonds. The topological polar surface area (TPSA) is 34.1 Å². The SMILES string of the molecule is O=C(CCCS(=O)c1ccccc1Cl)c1cccs1. The molecule has 0 bridgehead atoms. The van der Waals surface area contributed by atoms with Gasteiger partial charge in [-0.25, -0.2) is 0 Å². The molecule has 5 heteroatoms. The van der Waals surface area contributed by atoms with Crippen LogP contribution >= 0.6 is 22.9 Å². The molecular weight excluding hydrogens is 300 g/mol. The summed E-state index contributed by atoms with van der Waals surface area (Å²) in [5.74, 6) is 0.576. The monoisotopic (exact) mass is 312 g/mol. The standard InChI is InChI=1S/C14H13ClO2S2/c15-11-5-1-2-8-14(11)19(17)10-4-6-12(16)13-7-3-9-18-13/h1-3,5,7-9H,4,6,10H2. The van der Waals surface area contributed by atoms with Gasteiger partial charge < -0.3 is 0 Å². The highest BCUT2D eigenvalue weighted by Gasteiger charge is 2.10. The molecule has 2 nitrogen and oxygen atoms in total. The number of ketones is 1. The molecule has 0 N–H and O–H groups in total. The van der Waals surface area contributed by atoms with E-state index in [9.17, 15) is 9.00 Å². The van der Waals surface area contributed by atoms with Crippen LogP contribution in [0, 0.1) is 0 Å². The van der Waals surface area contributed by atoms with Crippen molar-refractivity contribution in [3.05, 3.63) is 51.7 Å². The predicted molar refractivity (Wildman–Crippen MR) is 80.6 cm³/mol. The zero-order valence-corrected chi connectivity index (χ0v) is 12.6. The molecule has 0 aliphatic carbocycles. The molecule has 0 radical (unpaired) electrons. The minimum atomic E-state index is -1.14.